The maximum absolute atomic E-state index is 11.6. The van der Waals surface area contributed by atoms with Crippen LogP contribution in [0.2, 0.25) is 0 Å². The fourth-order valence-corrected chi connectivity index (χ4v) is 6.14. The number of hydrogen-bond acceptors (Lipinski definition) is 7. The van der Waals surface area contributed by atoms with Gasteiger partial charge in [0.15, 0.2) is 12.2 Å². The minimum Gasteiger partial charge on any atom is -0.489 e. The number of ether oxygens (including phenoxy) is 3. The maximum Gasteiger partial charge on any atom is 0.238 e. The van der Waals surface area contributed by atoms with Gasteiger partial charge in [-0.2, -0.15) is 0 Å². The number of aromatic nitrogens is 1. The molecule has 8 nitrogen and oxygen atoms in total. The number of nitrogens with zero attached hydrogens (tertiary/aromatic N) is 1. The fraction of sp³-hybridized carbons (Fsp3) is 0.303. The molecule has 0 saturated carbocycles. The molecule has 42 heavy (non-hydrogen) atoms. The summed E-state index contributed by atoms with van der Waals surface area (Å²) >= 11 is 0. The van der Waals surface area contributed by atoms with Crippen LogP contribution >= 0.6 is 0 Å². The SMILES string of the molecule is COC1(c2cccc(CO/C(=C\Cc3ncoc3-c3ccc(S(N)(=O)=O)cc3)c3ccccc3)c2)CC(C)OC(C)C1. The number of benzene rings is 3. The molecule has 4 aromatic rings. The number of methoxy groups -OCH3 is 1. The molecule has 9 heteroatoms. The molecule has 1 aromatic heterocycles. The van der Waals surface area contributed by atoms with Gasteiger partial charge in [-0.1, -0.05) is 48.5 Å². The second-order valence-corrected chi connectivity index (χ2v) is 12.3. The third kappa shape index (κ3) is 6.82. The van der Waals surface area contributed by atoms with E-state index < -0.39 is 15.6 Å². The molecule has 220 valence electrons. The largest absolute Gasteiger partial charge is 0.489 e. The van der Waals surface area contributed by atoms with Gasteiger partial charge in [0.2, 0.25) is 10.0 Å². The molecule has 0 amide bonds. The molecule has 0 radical (unpaired) electrons. The fourth-order valence-electron chi connectivity index (χ4n) is 5.63. The van der Waals surface area contributed by atoms with Crippen molar-refractivity contribution in [1.29, 1.82) is 0 Å². The maximum atomic E-state index is 11.6. The Morgan fingerprint density at radius 3 is 2.40 bits per heavy atom. The van der Waals surface area contributed by atoms with Gasteiger partial charge in [0, 0.05) is 37.5 Å². The van der Waals surface area contributed by atoms with E-state index in [1.165, 1.54) is 18.5 Å². The van der Waals surface area contributed by atoms with Crippen LogP contribution in [0.15, 0.2) is 101 Å². The number of hydrogen-bond donors (Lipinski definition) is 1. The van der Waals surface area contributed by atoms with E-state index >= 15 is 0 Å². The average molecular weight is 589 g/mol. The van der Waals surface area contributed by atoms with E-state index in [0.29, 0.717) is 35.8 Å². The summed E-state index contributed by atoms with van der Waals surface area (Å²) in [6, 6.07) is 24.5. The van der Waals surface area contributed by atoms with Crippen molar-refractivity contribution in [1.82, 2.24) is 4.98 Å². The van der Waals surface area contributed by atoms with Crippen molar-refractivity contribution < 1.29 is 27.0 Å². The van der Waals surface area contributed by atoms with E-state index in [4.69, 9.17) is 23.8 Å². The van der Waals surface area contributed by atoms with Gasteiger partial charge in [-0.3, -0.25) is 0 Å². The standard InChI is InChI=1S/C33H36N2O6S/c1-23-19-33(38-3,20-24(2)41-23)28-11-7-8-25(18-28)21-39-31(26-9-5-4-6-10-26)17-16-30-32(40-22-35-30)27-12-14-29(15-13-27)42(34,36)37/h4-15,17-18,22-24H,16,19-21H2,1-3H3,(H2,34,36,37)/b31-17-. The Balaban J connectivity index is 1.37. The molecule has 1 fully saturated rings. The van der Waals surface area contributed by atoms with Gasteiger partial charge in [-0.25, -0.2) is 18.5 Å². The van der Waals surface area contributed by atoms with E-state index in [1.807, 2.05) is 42.5 Å². The van der Waals surface area contributed by atoms with Crippen molar-refractivity contribution in [3.63, 3.8) is 0 Å². The highest BCUT2D eigenvalue weighted by Crippen LogP contribution is 2.40. The number of allylic oxidation sites excluding steroid dienone is 1. The van der Waals surface area contributed by atoms with Gasteiger partial charge in [-0.15, -0.1) is 0 Å². The summed E-state index contributed by atoms with van der Waals surface area (Å²) < 4.78 is 47.5. The third-order valence-corrected chi connectivity index (χ3v) is 8.49. The molecule has 3 aromatic carbocycles. The number of nitrogens with two attached hydrogens (primary N) is 1. The predicted octanol–water partition coefficient (Wildman–Crippen LogP) is 6.22. The van der Waals surface area contributed by atoms with E-state index in [-0.39, 0.29) is 17.1 Å². The van der Waals surface area contributed by atoms with E-state index in [1.54, 1.807) is 19.2 Å². The quantitative estimate of drug-likeness (QED) is 0.219. The molecule has 5 rings (SSSR count). The van der Waals surface area contributed by atoms with Crippen LogP contribution in [0.5, 0.6) is 0 Å². The van der Waals surface area contributed by atoms with Crippen LogP contribution in [0, 0.1) is 0 Å². The molecule has 0 bridgehead atoms. The predicted molar refractivity (Wildman–Crippen MR) is 161 cm³/mol. The molecule has 1 saturated heterocycles. The van der Waals surface area contributed by atoms with Crippen LogP contribution in [-0.4, -0.2) is 32.7 Å². The normalized spacial score (nSPS) is 21.3. The van der Waals surface area contributed by atoms with Crippen LogP contribution in [-0.2, 0) is 42.9 Å². The Kier molecular flexibility index (Phi) is 8.93. The summed E-state index contributed by atoms with van der Waals surface area (Å²) in [5.74, 6) is 1.27. The van der Waals surface area contributed by atoms with Crippen molar-refractivity contribution in [2.45, 2.75) is 62.4 Å². The zero-order valence-corrected chi connectivity index (χ0v) is 24.8. The van der Waals surface area contributed by atoms with Crippen molar-refractivity contribution in [3.05, 3.63) is 114 Å². The summed E-state index contributed by atoms with van der Waals surface area (Å²) in [5, 5.41) is 5.24. The van der Waals surface area contributed by atoms with Crippen LogP contribution in [0.3, 0.4) is 0 Å². The summed E-state index contributed by atoms with van der Waals surface area (Å²) in [5.41, 5.74) is 4.10. The lowest BCUT2D eigenvalue weighted by Gasteiger charge is -2.42. The molecule has 2 heterocycles. The molecule has 2 N–H and O–H groups in total. The molecule has 2 atom stereocenters. The molecular weight excluding hydrogens is 552 g/mol. The topological polar surface area (TPSA) is 114 Å². The highest BCUT2D eigenvalue weighted by atomic mass is 32.2. The Labute approximate surface area is 247 Å². The van der Waals surface area contributed by atoms with E-state index in [0.717, 1.165) is 29.5 Å². The molecule has 2 unspecified atom stereocenters. The van der Waals surface area contributed by atoms with Gasteiger partial charge in [0.1, 0.15) is 12.4 Å². The van der Waals surface area contributed by atoms with Crippen LogP contribution in [0.4, 0.5) is 0 Å². The van der Waals surface area contributed by atoms with Gasteiger partial charge in [0.05, 0.1) is 28.4 Å². The lowest BCUT2D eigenvalue weighted by Crippen LogP contribution is -2.42. The Morgan fingerprint density at radius 2 is 1.74 bits per heavy atom. The van der Waals surface area contributed by atoms with Crippen molar-refractivity contribution >= 4 is 15.8 Å². The molecule has 1 aliphatic heterocycles. The minimum absolute atomic E-state index is 0.0355. The minimum atomic E-state index is -3.78. The lowest BCUT2D eigenvalue weighted by molar-refractivity contribution is -0.152. The molecule has 0 aliphatic carbocycles. The number of sulfonamides is 1. The third-order valence-electron chi connectivity index (χ3n) is 7.56. The summed E-state index contributed by atoms with van der Waals surface area (Å²) in [4.78, 5) is 4.44. The Hall–Kier alpha value is -3.76. The van der Waals surface area contributed by atoms with Gasteiger partial charge in [0.25, 0.3) is 0 Å². The summed E-state index contributed by atoms with van der Waals surface area (Å²) in [6.07, 6.45) is 5.59. The second kappa shape index (κ2) is 12.6. The first kappa shape index (κ1) is 29.7. The van der Waals surface area contributed by atoms with E-state index in [9.17, 15) is 8.42 Å². The van der Waals surface area contributed by atoms with Gasteiger partial charge >= 0.3 is 0 Å². The van der Waals surface area contributed by atoms with Crippen LogP contribution in [0.1, 0.15) is 49.1 Å². The summed E-state index contributed by atoms with van der Waals surface area (Å²) in [6.45, 7) is 4.55. The first-order valence-corrected chi connectivity index (χ1v) is 15.5. The highest BCUT2D eigenvalue weighted by Gasteiger charge is 2.40. The van der Waals surface area contributed by atoms with Crippen LogP contribution < -0.4 is 5.14 Å². The van der Waals surface area contributed by atoms with Crippen molar-refractivity contribution in [2.24, 2.45) is 5.14 Å². The zero-order chi connectivity index (χ0) is 29.7. The molecule has 1 aliphatic rings. The average Bonchev–Trinajstić information content (AvgIpc) is 3.45. The van der Waals surface area contributed by atoms with Crippen LogP contribution in [0.25, 0.3) is 17.1 Å². The molecular formula is C33H36N2O6S. The van der Waals surface area contributed by atoms with Gasteiger partial charge in [-0.05, 0) is 61.4 Å². The number of primary sulfonamides is 1. The highest BCUT2D eigenvalue weighted by molar-refractivity contribution is 7.89. The second-order valence-electron chi connectivity index (χ2n) is 10.7. The van der Waals surface area contributed by atoms with E-state index in [2.05, 4.69) is 37.0 Å². The first-order valence-electron chi connectivity index (χ1n) is 13.9. The summed E-state index contributed by atoms with van der Waals surface area (Å²) in [7, 11) is -2.01. The first-order chi connectivity index (χ1) is 20.2. The van der Waals surface area contributed by atoms with Crippen molar-refractivity contribution in [2.75, 3.05) is 7.11 Å². The number of oxazole rings is 1. The Morgan fingerprint density at radius 1 is 1.02 bits per heavy atom. The molecule has 0 spiro atoms. The lowest BCUT2D eigenvalue weighted by atomic mass is 9.81. The number of rotatable bonds is 10. The smallest absolute Gasteiger partial charge is 0.238 e. The zero-order valence-electron chi connectivity index (χ0n) is 24.0. The monoisotopic (exact) mass is 588 g/mol. The van der Waals surface area contributed by atoms with Gasteiger partial charge < -0.3 is 18.6 Å². The Bertz CT molecular complexity index is 1620. The van der Waals surface area contributed by atoms with Crippen molar-refractivity contribution in [3.8, 4) is 11.3 Å².